The van der Waals surface area contributed by atoms with Gasteiger partial charge in [0.05, 0.1) is 47.5 Å². The maximum absolute atomic E-state index is 12.4. The Hall–Kier alpha value is -4.00. The summed E-state index contributed by atoms with van der Waals surface area (Å²) < 4.78 is 15.1. The standard InChI is InChI=1S/C28H29ClN6O5S/c29-25-10-9-24(41-25)28(38)30-18-20-19-35(32-31-20)22-8-7-21(34-11-3-1-6-27(34)37)17-23(22)40-14-4-2-5-26(36)33-12-15-39-16-13-33/h1,3,6-11,17,19H,2,4-5,12-16,18H2,(H,30,38). The van der Waals surface area contributed by atoms with E-state index in [0.29, 0.717) is 84.2 Å². The second kappa shape index (κ2) is 13.6. The van der Waals surface area contributed by atoms with Crippen LogP contribution in [0.3, 0.4) is 0 Å². The van der Waals surface area contributed by atoms with Crippen LogP contribution >= 0.6 is 22.9 Å². The van der Waals surface area contributed by atoms with Gasteiger partial charge in [0.25, 0.3) is 11.5 Å². The topological polar surface area (TPSA) is 121 Å². The van der Waals surface area contributed by atoms with Crippen molar-refractivity contribution in [3.63, 3.8) is 0 Å². The molecule has 3 aromatic heterocycles. The van der Waals surface area contributed by atoms with Crippen LogP contribution in [0.2, 0.25) is 4.34 Å². The van der Waals surface area contributed by atoms with Crippen molar-refractivity contribution in [2.75, 3.05) is 32.9 Å². The number of amides is 2. The molecule has 1 aliphatic heterocycles. The summed E-state index contributed by atoms with van der Waals surface area (Å²) in [6, 6.07) is 13.7. The fourth-order valence-electron chi connectivity index (χ4n) is 4.32. The van der Waals surface area contributed by atoms with Crippen LogP contribution in [0.1, 0.15) is 34.6 Å². The first-order valence-electron chi connectivity index (χ1n) is 13.2. The van der Waals surface area contributed by atoms with Gasteiger partial charge in [0.15, 0.2) is 0 Å². The molecule has 1 fully saturated rings. The molecule has 13 heteroatoms. The Morgan fingerprint density at radius 2 is 1.95 bits per heavy atom. The number of aromatic nitrogens is 4. The van der Waals surface area contributed by atoms with E-state index in [-0.39, 0.29) is 23.9 Å². The Labute approximate surface area is 245 Å². The van der Waals surface area contributed by atoms with Crippen molar-refractivity contribution in [2.24, 2.45) is 0 Å². The molecule has 1 aliphatic rings. The summed E-state index contributed by atoms with van der Waals surface area (Å²) in [5, 5.41) is 11.2. The van der Waals surface area contributed by atoms with Gasteiger partial charge < -0.3 is 19.7 Å². The normalized spacial score (nSPS) is 13.2. The van der Waals surface area contributed by atoms with Crippen molar-refractivity contribution in [3.05, 3.63) is 86.2 Å². The average Bonchev–Trinajstić information content (AvgIpc) is 3.65. The molecule has 1 N–H and O–H groups in total. The van der Waals surface area contributed by atoms with Crippen LogP contribution < -0.4 is 15.6 Å². The predicted octanol–water partition coefficient (Wildman–Crippen LogP) is 3.47. The summed E-state index contributed by atoms with van der Waals surface area (Å²) in [6.07, 6.45) is 5.21. The van der Waals surface area contributed by atoms with Crippen LogP contribution in [0.4, 0.5) is 0 Å². The van der Waals surface area contributed by atoms with Crippen LogP contribution in [0.5, 0.6) is 5.75 Å². The minimum Gasteiger partial charge on any atom is -0.491 e. The van der Waals surface area contributed by atoms with Gasteiger partial charge in [-0.1, -0.05) is 22.9 Å². The van der Waals surface area contributed by atoms with Crippen LogP contribution in [-0.4, -0.2) is 69.2 Å². The number of halogens is 1. The molecule has 0 aliphatic carbocycles. The van der Waals surface area contributed by atoms with Crippen LogP contribution in [0.15, 0.2) is 65.7 Å². The van der Waals surface area contributed by atoms with Crippen molar-refractivity contribution in [1.29, 1.82) is 0 Å². The molecule has 0 unspecified atom stereocenters. The number of thiophene rings is 1. The van der Waals surface area contributed by atoms with E-state index >= 15 is 0 Å². The lowest BCUT2D eigenvalue weighted by Crippen LogP contribution is -2.40. The molecule has 0 bridgehead atoms. The molecular formula is C28H29ClN6O5S. The summed E-state index contributed by atoms with van der Waals surface area (Å²) in [6.45, 7) is 2.99. The van der Waals surface area contributed by atoms with E-state index in [1.165, 1.54) is 22.0 Å². The zero-order valence-electron chi connectivity index (χ0n) is 22.2. The number of hydrogen-bond acceptors (Lipinski definition) is 8. The molecule has 5 rings (SSSR count). The number of benzene rings is 1. The number of carbonyl (C=O) groups excluding carboxylic acids is 2. The van der Waals surface area contributed by atoms with Crippen molar-refractivity contribution < 1.29 is 19.1 Å². The van der Waals surface area contributed by atoms with Gasteiger partial charge >= 0.3 is 0 Å². The molecule has 2 amide bonds. The third-order valence-corrected chi connectivity index (χ3v) is 7.70. The lowest BCUT2D eigenvalue weighted by molar-refractivity contribution is -0.135. The maximum Gasteiger partial charge on any atom is 0.261 e. The van der Waals surface area contributed by atoms with Crippen molar-refractivity contribution in [2.45, 2.75) is 25.8 Å². The minimum absolute atomic E-state index is 0.129. The number of hydrogen-bond donors (Lipinski definition) is 1. The molecule has 11 nitrogen and oxygen atoms in total. The molecule has 0 radical (unpaired) electrons. The third-order valence-electron chi connectivity index (χ3n) is 6.47. The van der Waals surface area contributed by atoms with Crippen LogP contribution in [-0.2, 0) is 16.1 Å². The highest BCUT2D eigenvalue weighted by atomic mass is 35.5. The summed E-state index contributed by atoms with van der Waals surface area (Å²) in [4.78, 5) is 39.6. The lowest BCUT2D eigenvalue weighted by Gasteiger charge is -2.26. The SMILES string of the molecule is O=C(NCc1cn(-c2ccc(-n3ccccc3=O)cc2OCCCCC(=O)N2CCOCC2)nn1)c1ccc(Cl)s1. The quantitative estimate of drug-likeness (QED) is 0.263. The molecule has 1 aromatic carbocycles. The fraction of sp³-hybridized carbons (Fsp3) is 0.321. The molecule has 4 heterocycles. The molecular weight excluding hydrogens is 568 g/mol. The largest absolute Gasteiger partial charge is 0.491 e. The number of unbranched alkanes of at least 4 members (excludes halogenated alkanes) is 1. The first kappa shape index (κ1) is 28.5. The maximum atomic E-state index is 12.4. The summed E-state index contributed by atoms with van der Waals surface area (Å²) >= 11 is 7.13. The molecule has 0 atom stereocenters. The number of morpholine rings is 1. The number of carbonyl (C=O) groups is 2. The van der Waals surface area contributed by atoms with E-state index in [4.69, 9.17) is 21.1 Å². The zero-order valence-corrected chi connectivity index (χ0v) is 23.8. The van der Waals surface area contributed by atoms with Crippen molar-refractivity contribution >= 4 is 34.8 Å². The molecule has 0 spiro atoms. The van der Waals surface area contributed by atoms with E-state index in [9.17, 15) is 14.4 Å². The second-order valence-corrected chi connectivity index (χ2v) is 11.0. The Morgan fingerprint density at radius 1 is 1.10 bits per heavy atom. The van der Waals surface area contributed by atoms with Crippen molar-refractivity contribution in [3.8, 4) is 17.1 Å². The van der Waals surface area contributed by atoms with Gasteiger partial charge in [0, 0.05) is 37.8 Å². The average molecular weight is 597 g/mol. The molecule has 4 aromatic rings. The van der Waals surface area contributed by atoms with Crippen LogP contribution in [0.25, 0.3) is 11.4 Å². The fourth-order valence-corrected chi connectivity index (χ4v) is 5.28. The number of nitrogens with one attached hydrogen (secondary N) is 1. The van der Waals surface area contributed by atoms with Gasteiger partial charge in [-0.15, -0.1) is 16.4 Å². The van der Waals surface area contributed by atoms with E-state index in [0.717, 1.165) is 0 Å². The van der Waals surface area contributed by atoms with E-state index in [1.807, 2.05) is 4.90 Å². The van der Waals surface area contributed by atoms with Crippen molar-refractivity contribution in [1.82, 2.24) is 29.8 Å². The van der Waals surface area contributed by atoms with E-state index < -0.39 is 0 Å². The highest BCUT2D eigenvalue weighted by Gasteiger charge is 2.17. The molecule has 214 valence electrons. The van der Waals surface area contributed by atoms with Gasteiger partial charge in [0.2, 0.25) is 5.91 Å². The van der Waals surface area contributed by atoms with Crippen LogP contribution in [0, 0.1) is 0 Å². The number of pyridine rings is 1. The van der Waals surface area contributed by atoms with Gasteiger partial charge in [-0.25, -0.2) is 4.68 Å². The monoisotopic (exact) mass is 596 g/mol. The number of ether oxygens (including phenoxy) is 2. The lowest BCUT2D eigenvalue weighted by atomic mass is 10.2. The first-order chi connectivity index (χ1) is 20.0. The van der Waals surface area contributed by atoms with E-state index in [1.54, 1.807) is 59.5 Å². The number of nitrogens with zero attached hydrogens (tertiary/aromatic N) is 5. The van der Waals surface area contributed by atoms with Gasteiger partial charge in [-0.2, -0.15) is 0 Å². The van der Waals surface area contributed by atoms with Gasteiger partial charge in [0.1, 0.15) is 17.1 Å². The predicted molar refractivity (Wildman–Crippen MR) is 154 cm³/mol. The summed E-state index contributed by atoms with van der Waals surface area (Å²) in [5.41, 5.74) is 1.65. The second-order valence-electron chi connectivity index (χ2n) is 9.30. The third kappa shape index (κ3) is 7.40. The zero-order chi connectivity index (χ0) is 28.6. The summed E-state index contributed by atoms with van der Waals surface area (Å²) in [7, 11) is 0. The molecule has 41 heavy (non-hydrogen) atoms. The Kier molecular flexibility index (Phi) is 9.44. The molecule has 1 saturated heterocycles. The Bertz CT molecular complexity index is 1560. The highest BCUT2D eigenvalue weighted by molar-refractivity contribution is 7.18. The minimum atomic E-state index is -0.245. The summed E-state index contributed by atoms with van der Waals surface area (Å²) in [5.74, 6) is 0.389. The highest BCUT2D eigenvalue weighted by Crippen LogP contribution is 2.26. The van der Waals surface area contributed by atoms with Gasteiger partial charge in [-0.3, -0.25) is 19.0 Å². The van der Waals surface area contributed by atoms with Gasteiger partial charge in [-0.05, 0) is 43.2 Å². The Balaban J connectivity index is 1.26. The number of rotatable bonds is 11. The Morgan fingerprint density at radius 3 is 2.73 bits per heavy atom. The smallest absolute Gasteiger partial charge is 0.261 e. The molecule has 0 saturated carbocycles. The first-order valence-corrected chi connectivity index (χ1v) is 14.4. The van der Waals surface area contributed by atoms with E-state index in [2.05, 4.69) is 15.6 Å².